The lowest BCUT2D eigenvalue weighted by molar-refractivity contribution is -0.187. The van der Waals surface area contributed by atoms with Crippen molar-refractivity contribution in [2.24, 2.45) is 5.41 Å². The van der Waals surface area contributed by atoms with E-state index in [0.717, 1.165) is 10.8 Å². The molecule has 0 bridgehead atoms. The van der Waals surface area contributed by atoms with Crippen LogP contribution in [0.1, 0.15) is 17.3 Å². The van der Waals surface area contributed by atoms with E-state index in [1.165, 1.54) is 0 Å². The zero-order chi connectivity index (χ0) is 18.4. The molecular formula is C19H21N3O4. The number of ether oxygens (including phenoxy) is 1. The molecule has 7 nitrogen and oxygen atoms in total. The lowest BCUT2D eigenvalue weighted by Crippen LogP contribution is -2.70. The van der Waals surface area contributed by atoms with Crippen molar-refractivity contribution in [2.45, 2.75) is 12.5 Å². The summed E-state index contributed by atoms with van der Waals surface area (Å²) < 4.78 is 5.12. The van der Waals surface area contributed by atoms with Gasteiger partial charge in [-0.1, -0.05) is 6.07 Å². The Morgan fingerprint density at radius 1 is 1.27 bits per heavy atom. The molecule has 1 aromatic heterocycles. The molecule has 2 amide bonds. The first kappa shape index (κ1) is 16.9. The Bertz CT molecular complexity index is 872. The van der Waals surface area contributed by atoms with Gasteiger partial charge in [0.2, 0.25) is 5.91 Å². The van der Waals surface area contributed by atoms with Gasteiger partial charge in [0.1, 0.15) is 5.60 Å². The first-order valence-electron chi connectivity index (χ1n) is 8.60. The second kappa shape index (κ2) is 6.03. The third-order valence-electron chi connectivity index (χ3n) is 5.10. The molecule has 2 N–H and O–H groups in total. The van der Waals surface area contributed by atoms with Crippen LogP contribution in [0.3, 0.4) is 0 Å². The highest BCUT2D eigenvalue weighted by Crippen LogP contribution is 2.33. The minimum Gasteiger partial charge on any atom is -0.384 e. The third-order valence-corrected chi connectivity index (χ3v) is 5.10. The number of carbonyl (C=O) groups excluding carboxylic acids is 2. The van der Waals surface area contributed by atoms with Gasteiger partial charge in [0.15, 0.2) is 0 Å². The minimum absolute atomic E-state index is 0.00165. The number of rotatable bonds is 4. The van der Waals surface area contributed by atoms with Gasteiger partial charge in [0.25, 0.3) is 5.91 Å². The van der Waals surface area contributed by atoms with Gasteiger partial charge < -0.3 is 20.1 Å². The van der Waals surface area contributed by atoms with Crippen LogP contribution in [0, 0.1) is 5.41 Å². The lowest BCUT2D eigenvalue weighted by atomic mass is 9.83. The van der Waals surface area contributed by atoms with Gasteiger partial charge in [-0.15, -0.1) is 0 Å². The summed E-state index contributed by atoms with van der Waals surface area (Å²) in [6, 6.07) is 7.27. The molecule has 2 aliphatic heterocycles. The molecule has 0 radical (unpaired) electrons. The molecule has 2 saturated heterocycles. The van der Waals surface area contributed by atoms with Crippen molar-refractivity contribution in [3.63, 3.8) is 0 Å². The number of amides is 2. The number of hydrogen-bond donors (Lipinski definition) is 2. The summed E-state index contributed by atoms with van der Waals surface area (Å²) in [4.78, 5) is 30.4. The molecule has 7 heteroatoms. The van der Waals surface area contributed by atoms with E-state index in [-0.39, 0.29) is 31.4 Å². The minimum atomic E-state index is -1.08. The van der Waals surface area contributed by atoms with Crippen molar-refractivity contribution in [3.05, 3.63) is 42.2 Å². The SMILES string of the molecule is CC1(C(=O)N2CC(O)(CNC(=O)c3ccc4ccncc4c3)C2)COC1. The molecular weight excluding hydrogens is 334 g/mol. The van der Waals surface area contributed by atoms with Gasteiger partial charge in [-0.2, -0.15) is 0 Å². The number of aromatic nitrogens is 1. The fourth-order valence-corrected chi connectivity index (χ4v) is 3.41. The maximum Gasteiger partial charge on any atom is 0.251 e. The van der Waals surface area contributed by atoms with Crippen molar-refractivity contribution in [2.75, 3.05) is 32.8 Å². The lowest BCUT2D eigenvalue weighted by Gasteiger charge is -2.50. The quantitative estimate of drug-likeness (QED) is 0.837. The Balaban J connectivity index is 1.33. The molecule has 3 heterocycles. The summed E-state index contributed by atoms with van der Waals surface area (Å²) in [5.74, 6) is -0.255. The van der Waals surface area contributed by atoms with Crippen LogP contribution >= 0.6 is 0 Å². The molecule has 0 aliphatic carbocycles. The highest BCUT2D eigenvalue weighted by Gasteiger charge is 2.51. The molecule has 0 atom stereocenters. The van der Waals surface area contributed by atoms with E-state index >= 15 is 0 Å². The molecule has 2 aromatic rings. The van der Waals surface area contributed by atoms with Gasteiger partial charge in [-0.25, -0.2) is 0 Å². The normalized spacial score (nSPS) is 20.2. The van der Waals surface area contributed by atoms with E-state index in [9.17, 15) is 14.7 Å². The van der Waals surface area contributed by atoms with Crippen molar-refractivity contribution >= 4 is 22.6 Å². The van der Waals surface area contributed by atoms with Gasteiger partial charge in [0.05, 0.1) is 38.3 Å². The second-order valence-corrected chi connectivity index (χ2v) is 7.56. The first-order valence-corrected chi connectivity index (χ1v) is 8.60. The number of carbonyl (C=O) groups is 2. The van der Waals surface area contributed by atoms with Gasteiger partial charge in [-0.05, 0) is 30.5 Å². The van der Waals surface area contributed by atoms with Gasteiger partial charge >= 0.3 is 0 Å². The molecule has 0 unspecified atom stereocenters. The van der Waals surface area contributed by atoms with Crippen molar-refractivity contribution < 1.29 is 19.4 Å². The highest BCUT2D eigenvalue weighted by atomic mass is 16.5. The van der Waals surface area contributed by atoms with Crippen LogP contribution in [0.15, 0.2) is 36.7 Å². The van der Waals surface area contributed by atoms with Crippen LogP contribution in [-0.4, -0.2) is 65.3 Å². The number of β-amino-alcohol motifs (C(OH)–C–C–N with tert-alkyl or cyclic N) is 1. The van der Waals surface area contributed by atoms with Crippen LogP contribution in [0.4, 0.5) is 0 Å². The summed E-state index contributed by atoms with van der Waals surface area (Å²) in [5, 5.41) is 15.2. The molecule has 1 aromatic carbocycles. The van der Waals surface area contributed by atoms with Crippen molar-refractivity contribution in [1.29, 1.82) is 0 Å². The summed E-state index contributed by atoms with van der Waals surface area (Å²) in [7, 11) is 0. The largest absolute Gasteiger partial charge is 0.384 e. The van der Waals surface area contributed by atoms with Gasteiger partial charge in [0, 0.05) is 23.3 Å². The van der Waals surface area contributed by atoms with Crippen LogP contribution in [0.25, 0.3) is 10.8 Å². The molecule has 4 rings (SSSR count). The second-order valence-electron chi connectivity index (χ2n) is 7.56. The fraction of sp³-hybridized carbons (Fsp3) is 0.421. The zero-order valence-electron chi connectivity index (χ0n) is 14.6. The Kier molecular flexibility index (Phi) is 3.93. The van der Waals surface area contributed by atoms with E-state index in [1.807, 2.05) is 19.1 Å². The fourth-order valence-electron chi connectivity index (χ4n) is 3.41. The number of hydrogen-bond acceptors (Lipinski definition) is 5. The van der Waals surface area contributed by atoms with Crippen molar-refractivity contribution in [1.82, 2.24) is 15.2 Å². The molecule has 26 heavy (non-hydrogen) atoms. The maximum atomic E-state index is 12.4. The number of pyridine rings is 1. The average Bonchev–Trinajstić information content (AvgIpc) is 2.60. The Hall–Kier alpha value is -2.51. The Morgan fingerprint density at radius 2 is 2.04 bits per heavy atom. The summed E-state index contributed by atoms with van der Waals surface area (Å²) in [6.07, 6.45) is 3.41. The van der Waals surface area contributed by atoms with E-state index in [2.05, 4.69) is 10.3 Å². The number of fused-ring (bicyclic) bond motifs is 1. The number of aliphatic hydroxyl groups is 1. The molecule has 2 fully saturated rings. The van der Waals surface area contributed by atoms with E-state index in [0.29, 0.717) is 18.8 Å². The Morgan fingerprint density at radius 3 is 2.73 bits per heavy atom. The van der Waals surface area contributed by atoms with Crippen molar-refractivity contribution in [3.8, 4) is 0 Å². The predicted molar refractivity (Wildman–Crippen MR) is 94.5 cm³/mol. The summed E-state index contributed by atoms with van der Waals surface area (Å²) >= 11 is 0. The standard InChI is InChI=1S/C19H21N3O4/c1-18(11-26-12-18)17(24)22-9-19(25,10-22)8-21-16(23)14-3-2-13-4-5-20-7-15(13)6-14/h2-7,25H,8-12H2,1H3,(H,21,23). The number of nitrogens with zero attached hydrogens (tertiary/aromatic N) is 2. The average molecular weight is 355 g/mol. The molecule has 0 spiro atoms. The van der Waals surface area contributed by atoms with Crippen LogP contribution in [0.2, 0.25) is 0 Å². The molecule has 136 valence electrons. The van der Waals surface area contributed by atoms with Crippen LogP contribution < -0.4 is 5.32 Å². The monoisotopic (exact) mass is 355 g/mol. The predicted octanol–water partition coefficient (Wildman–Crippen LogP) is 0.574. The Labute approximate surface area is 151 Å². The topological polar surface area (TPSA) is 91.8 Å². The maximum absolute atomic E-state index is 12.4. The number of nitrogens with one attached hydrogen (secondary N) is 1. The number of benzene rings is 1. The van der Waals surface area contributed by atoms with E-state index < -0.39 is 11.0 Å². The highest BCUT2D eigenvalue weighted by molar-refractivity contribution is 5.98. The zero-order valence-corrected chi connectivity index (χ0v) is 14.6. The molecule has 0 saturated carbocycles. The third kappa shape index (κ3) is 2.93. The van der Waals surface area contributed by atoms with Gasteiger partial charge in [-0.3, -0.25) is 14.6 Å². The number of likely N-dealkylation sites (tertiary alicyclic amines) is 1. The molecule has 2 aliphatic rings. The van der Waals surface area contributed by atoms with E-state index in [1.54, 1.807) is 29.4 Å². The van der Waals surface area contributed by atoms with Crippen LogP contribution in [-0.2, 0) is 9.53 Å². The first-order chi connectivity index (χ1) is 12.4. The van der Waals surface area contributed by atoms with Crippen LogP contribution in [0.5, 0.6) is 0 Å². The van der Waals surface area contributed by atoms with E-state index in [4.69, 9.17) is 4.74 Å². The summed E-state index contributed by atoms with van der Waals surface area (Å²) in [6.45, 7) is 3.27. The smallest absolute Gasteiger partial charge is 0.251 e. The summed E-state index contributed by atoms with van der Waals surface area (Å²) in [5.41, 5.74) is -1.03.